The molecule has 0 aliphatic carbocycles. The van der Waals surface area contributed by atoms with Crippen molar-refractivity contribution in [3.63, 3.8) is 0 Å². The summed E-state index contributed by atoms with van der Waals surface area (Å²) < 4.78 is 2.67. The Balaban J connectivity index is 2.59. The smallest absolute Gasteiger partial charge is 0.181 e. The van der Waals surface area contributed by atoms with Crippen LogP contribution < -0.4 is 0 Å². The summed E-state index contributed by atoms with van der Waals surface area (Å²) in [4.78, 5) is 2.96. The van der Waals surface area contributed by atoms with Gasteiger partial charge in [-0.05, 0) is 36.8 Å². The molecule has 13 heavy (non-hydrogen) atoms. The first-order chi connectivity index (χ1) is 6.27. The molecular weight excluding hydrogens is 180 g/mol. The van der Waals surface area contributed by atoms with E-state index >= 15 is 0 Å². The number of H-pyrrole nitrogens is 1. The molecule has 0 saturated carbocycles. The van der Waals surface area contributed by atoms with Crippen molar-refractivity contribution < 1.29 is 0 Å². The van der Waals surface area contributed by atoms with E-state index in [2.05, 4.69) is 24.0 Å². The quantitative estimate of drug-likeness (QED) is 0.686. The lowest BCUT2D eigenvalue weighted by Crippen LogP contribution is -1.91. The third-order valence-corrected chi connectivity index (χ3v) is 2.24. The number of nitrogens with zero attached hydrogens (tertiary/aromatic N) is 1. The molecule has 2 rings (SSSR count). The van der Waals surface area contributed by atoms with E-state index in [4.69, 9.17) is 12.2 Å². The first-order valence-corrected chi connectivity index (χ1v) is 4.51. The topological polar surface area (TPSA) is 20.7 Å². The number of benzene rings is 1. The first-order valence-electron chi connectivity index (χ1n) is 4.10. The minimum absolute atomic E-state index is 0.727. The lowest BCUT2D eigenvalue weighted by molar-refractivity contribution is 1.03. The maximum absolute atomic E-state index is 5.12. The molecule has 0 atom stereocenters. The zero-order chi connectivity index (χ0) is 9.26. The number of aromatic amines is 1. The van der Waals surface area contributed by atoms with Crippen LogP contribution in [-0.2, 0) is 0 Å². The molecule has 1 N–H and O–H groups in total. The van der Waals surface area contributed by atoms with Crippen LogP contribution in [0.1, 0.15) is 5.56 Å². The largest absolute Gasteiger partial charge is 0.337 e. The average Bonchev–Trinajstić information content (AvgIpc) is 2.51. The Bertz CT molecular complexity index is 468. The monoisotopic (exact) mass is 190 g/mol. The van der Waals surface area contributed by atoms with Crippen molar-refractivity contribution in [2.24, 2.45) is 0 Å². The van der Waals surface area contributed by atoms with Crippen LogP contribution in [0.4, 0.5) is 0 Å². The number of aryl methyl sites for hydroxylation is 1. The van der Waals surface area contributed by atoms with Crippen LogP contribution in [-0.4, -0.2) is 9.55 Å². The van der Waals surface area contributed by atoms with Crippen molar-refractivity contribution in [2.75, 3.05) is 0 Å². The molecule has 0 saturated heterocycles. The molecule has 0 aliphatic heterocycles. The molecule has 0 amide bonds. The second-order valence-electron chi connectivity index (χ2n) is 2.97. The normalized spacial score (nSPS) is 10.2. The molecule has 0 unspecified atom stereocenters. The van der Waals surface area contributed by atoms with Crippen LogP contribution in [0, 0.1) is 11.7 Å². The van der Waals surface area contributed by atoms with E-state index in [1.54, 1.807) is 0 Å². The lowest BCUT2D eigenvalue weighted by Gasteiger charge is -2.02. The van der Waals surface area contributed by atoms with Crippen molar-refractivity contribution in [1.82, 2.24) is 9.55 Å². The Kier molecular flexibility index (Phi) is 2.02. The van der Waals surface area contributed by atoms with Gasteiger partial charge < -0.3 is 4.98 Å². The van der Waals surface area contributed by atoms with Crippen molar-refractivity contribution >= 4 is 12.2 Å². The Morgan fingerprint density at radius 2 is 2.23 bits per heavy atom. The van der Waals surface area contributed by atoms with Crippen LogP contribution in [0.25, 0.3) is 5.69 Å². The minimum Gasteiger partial charge on any atom is -0.337 e. The van der Waals surface area contributed by atoms with Crippen molar-refractivity contribution in [1.29, 1.82) is 0 Å². The van der Waals surface area contributed by atoms with Crippen LogP contribution >= 0.6 is 12.2 Å². The van der Waals surface area contributed by atoms with E-state index in [0.29, 0.717) is 0 Å². The fraction of sp³-hybridized carbons (Fsp3) is 0.100. The summed E-state index contributed by atoms with van der Waals surface area (Å²) >= 11 is 5.12. The highest BCUT2D eigenvalue weighted by atomic mass is 32.1. The van der Waals surface area contributed by atoms with Gasteiger partial charge >= 0.3 is 0 Å². The van der Waals surface area contributed by atoms with E-state index in [9.17, 15) is 0 Å². The number of hydrogen-bond donors (Lipinski definition) is 1. The third kappa shape index (κ3) is 1.55. The van der Waals surface area contributed by atoms with Gasteiger partial charge in [0.05, 0.1) is 0 Å². The van der Waals surface area contributed by atoms with Gasteiger partial charge in [0.25, 0.3) is 0 Å². The first kappa shape index (κ1) is 8.26. The molecular formula is C10H10N2S. The highest BCUT2D eigenvalue weighted by molar-refractivity contribution is 7.71. The van der Waals surface area contributed by atoms with Gasteiger partial charge in [-0.25, -0.2) is 0 Å². The van der Waals surface area contributed by atoms with Gasteiger partial charge in [0.2, 0.25) is 0 Å². The molecule has 2 nitrogen and oxygen atoms in total. The molecule has 1 aromatic carbocycles. The summed E-state index contributed by atoms with van der Waals surface area (Å²) in [6.07, 6.45) is 3.77. The highest BCUT2D eigenvalue weighted by Gasteiger charge is 1.95. The number of imidazole rings is 1. The van der Waals surface area contributed by atoms with E-state index < -0.39 is 0 Å². The Hall–Kier alpha value is -1.35. The predicted molar refractivity (Wildman–Crippen MR) is 55.7 cm³/mol. The van der Waals surface area contributed by atoms with Crippen LogP contribution in [0.2, 0.25) is 0 Å². The van der Waals surface area contributed by atoms with E-state index in [0.717, 1.165) is 10.5 Å². The fourth-order valence-corrected chi connectivity index (χ4v) is 1.54. The van der Waals surface area contributed by atoms with Gasteiger partial charge in [-0.2, -0.15) is 0 Å². The summed E-state index contributed by atoms with van der Waals surface area (Å²) in [5.41, 5.74) is 2.34. The summed E-state index contributed by atoms with van der Waals surface area (Å²) in [5.74, 6) is 0. The summed E-state index contributed by atoms with van der Waals surface area (Å²) in [6.45, 7) is 2.07. The number of nitrogens with one attached hydrogen (secondary N) is 1. The fourth-order valence-electron chi connectivity index (χ4n) is 1.30. The molecule has 3 heteroatoms. The van der Waals surface area contributed by atoms with Crippen LogP contribution in [0.3, 0.4) is 0 Å². The van der Waals surface area contributed by atoms with Crippen LogP contribution in [0.15, 0.2) is 36.7 Å². The molecule has 0 spiro atoms. The molecule has 0 radical (unpaired) electrons. The van der Waals surface area contributed by atoms with Gasteiger partial charge in [0.1, 0.15) is 0 Å². The second kappa shape index (κ2) is 3.18. The molecule has 2 aromatic rings. The molecule has 0 aliphatic rings. The van der Waals surface area contributed by atoms with Crippen molar-refractivity contribution in [3.8, 4) is 5.69 Å². The average molecular weight is 190 g/mol. The summed E-state index contributed by atoms with van der Waals surface area (Å²) in [5, 5.41) is 0. The van der Waals surface area contributed by atoms with Gasteiger partial charge in [0, 0.05) is 18.1 Å². The third-order valence-electron chi connectivity index (χ3n) is 1.93. The molecule has 1 aromatic heterocycles. The Labute approximate surface area is 81.9 Å². The molecule has 0 fully saturated rings. The van der Waals surface area contributed by atoms with Crippen LogP contribution in [0.5, 0.6) is 0 Å². The maximum Gasteiger partial charge on any atom is 0.181 e. The van der Waals surface area contributed by atoms with E-state index in [1.165, 1.54) is 5.56 Å². The van der Waals surface area contributed by atoms with Gasteiger partial charge in [-0.1, -0.05) is 12.1 Å². The van der Waals surface area contributed by atoms with Crippen molar-refractivity contribution in [3.05, 3.63) is 47.0 Å². The number of aromatic nitrogens is 2. The maximum atomic E-state index is 5.12. The van der Waals surface area contributed by atoms with Crippen molar-refractivity contribution in [2.45, 2.75) is 6.92 Å². The Morgan fingerprint density at radius 1 is 1.38 bits per heavy atom. The van der Waals surface area contributed by atoms with Gasteiger partial charge in [-0.3, -0.25) is 4.57 Å². The van der Waals surface area contributed by atoms with Gasteiger partial charge in [0.15, 0.2) is 4.77 Å². The number of rotatable bonds is 1. The summed E-state index contributed by atoms with van der Waals surface area (Å²) in [7, 11) is 0. The minimum atomic E-state index is 0.727. The lowest BCUT2D eigenvalue weighted by atomic mass is 10.2. The van der Waals surface area contributed by atoms with Gasteiger partial charge in [-0.15, -0.1) is 0 Å². The Morgan fingerprint density at radius 3 is 2.85 bits per heavy atom. The SMILES string of the molecule is Cc1cccc(-n2cc[nH]c2=S)c1. The zero-order valence-electron chi connectivity index (χ0n) is 7.32. The zero-order valence-corrected chi connectivity index (χ0v) is 8.14. The molecule has 0 bridgehead atoms. The highest BCUT2D eigenvalue weighted by Crippen LogP contribution is 2.09. The standard InChI is InChI=1S/C10H10N2S/c1-8-3-2-4-9(7-8)12-6-5-11-10(12)13/h2-7H,1H3,(H,11,13). The predicted octanol–water partition coefficient (Wildman–Crippen LogP) is 2.84. The number of hydrogen-bond acceptors (Lipinski definition) is 1. The molecule has 66 valence electrons. The van der Waals surface area contributed by atoms with E-state index in [-0.39, 0.29) is 0 Å². The van der Waals surface area contributed by atoms with E-state index in [1.807, 2.05) is 29.1 Å². The second-order valence-corrected chi connectivity index (χ2v) is 3.36. The molecule has 1 heterocycles. The summed E-state index contributed by atoms with van der Waals surface area (Å²) in [6, 6.07) is 8.24.